The highest BCUT2D eigenvalue weighted by Gasteiger charge is 2.01. The molecule has 104 valence electrons. The number of hydrogen-bond acceptors (Lipinski definition) is 4. The molecule has 1 aromatic heterocycles. The van der Waals surface area contributed by atoms with Crippen LogP contribution in [0.25, 0.3) is 0 Å². The lowest BCUT2D eigenvalue weighted by atomic mass is 10.1. The molecule has 2 N–H and O–H groups in total. The summed E-state index contributed by atoms with van der Waals surface area (Å²) >= 11 is 1.57. The van der Waals surface area contributed by atoms with Gasteiger partial charge in [-0.15, -0.1) is 11.3 Å². The summed E-state index contributed by atoms with van der Waals surface area (Å²) in [7, 11) is 0. The molecule has 1 rings (SSSR count). The quantitative estimate of drug-likeness (QED) is 0.437. The Hall–Kier alpha value is -1.69. The number of thiophene rings is 1. The summed E-state index contributed by atoms with van der Waals surface area (Å²) in [5.41, 5.74) is 3.60. The van der Waals surface area contributed by atoms with Crippen molar-refractivity contribution in [1.82, 2.24) is 5.43 Å². The normalized spacial score (nSPS) is 10.8. The zero-order valence-electron chi connectivity index (χ0n) is 10.9. The fourth-order valence-electron chi connectivity index (χ4n) is 1.47. The lowest BCUT2D eigenvalue weighted by Crippen LogP contribution is -2.16. The molecule has 0 saturated heterocycles. The fourth-order valence-corrected chi connectivity index (χ4v) is 2.26. The van der Waals surface area contributed by atoms with E-state index in [1.807, 2.05) is 18.4 Å². The summed E-state index contributed by atoms with van der Waals surface area (Å²) in [6.07, 6.45) is 4.22. The van der Waals surface area contributed by atoms with E-state index in [-0.39, 0.29) is 12.3 Å². The van der Waals surface area contributed by atoms with E-state index in [0.29, 0.717) is 19.3 Å². The molecular formula is C13H18N2O3S. The van der Waals surface area contributed by atoms with Gasteiger partial charge in [0.1, 0.15) is 0 Å². The maximum Gasteiger partial charge on any atom is 0.303 e. The maximum atomic E-state index is 11.4. The Bertz CT molecular complexity index is 454. The fraction of sp³-hybridized carbons (Fsp3) is 0.462. The number of carboxylic acid groups (broad SMARTS) is 1. The van der Waals surface area contributed by atoms with Crippen molar-refractivity contribution in [3.05, 3.63) is 21.9 Å². The van der Waals surface area contributed by atoms with Crippen LogP contribution in [0.4, 0.5) is 0 Å². The summed E-state index contributed by atoms with van der Waals surface area (Å²) in [6.45, 7) is 1.99. The van der Waals surface area contributed by atoms with Crippen LogP contribution in [0.2, 0.25) is 0 Å². The van der Waals surface area contributed by atoms with Crippen molar-refractivity contribution in [1.29, 1.82) is 0 Å². The predicted octanol–water partition coefficient (Wildman–Crippen LogP) is 2.54. The average Bonchev–Trinajstić information content (AvgIpc) is 2.74. The van der Waals surface area contributed by atoms with E-state index in [2.05, 4.69) is 10.5 Å². The van der Waals surface area contributed by atoms with Gasteiger partial charge in [-0.1, -0.05) is 6.42 Å². The number of hydrazone groups is 1. The minimum atomic E-state index is -0.791. The number of carbonyl (C=O) groups excluding carboxylic acids is 1. The summed E-state index contributed by atoms with van der Waals surface area (Å²) < 4.78 is 0. The molecule has 0 fully saturated rings. The zero-order chi connectivity index (χ0) is 14.1. The van der Waals surface area contributed by atoms with Crippen molar-refractivity contribution in [2.24, 2.45) is 5.10 Å². The predicted molar refractivity (Wildman–Crippen MR) is 75.5 cm³/mol. The molecule has 5 nitrogen and oxygen atoms in total. The van der Waals surface area contributed by atoms with Crippen LogP contribution < -0.4 is 5.43 Å². The van der Waals surface area contributed by atoms with Crippen LogP contribution in [0.5, 0.6) is 0 Å². The molecule has 0 radical (unpaired) electrons. The number of nitrogens with zero attached hydrogens (tertiary/aromatic N) is 1. The van der Waals surface area contributed by atoms with Crippen molar-refractivity contribution < 1.29 is 14.7 Å². The van der Waals surface area contributed by atoms with Crippen LogP contribution in [0.15, 0.2) is 16.5 Å². The topological polar surface area (TPSA) is 78.8 Å². The van der Waals surface area contributed by atoms with Gasteiger partial charge in [0, 0.05) is 17.7 Å². The van der Waals surface area contributed by atoms with Gasteiger partial charge in [-0.25, -0.2) is 5.43 Å². The van der Waals surface area contributed by atoms with E-state index in [1.165, 1.54) is 0 Å². The lowest BCUT2D eigenvalue weighted by Gasteiger charge is -1.99. The molecule has 0 saturated carbocycles. The van der Waals surface area contributed by atoms with Gasteiger partial charge in [-0.3, -0.25) is 9.59 Å². The van der Waals surface area contributed by atoms with Crippen molar-refractivity contribution in [3.63, 3.8) is 0 Å². The third kappa shape index (κ3) is 6.71. The number of aliphatic carboxylic acids is 1. The standard InChI is InChI=1S/C13H18N2O3S/c1-10-7-8-19-11(10)9-14-15-12(16)5-3-2-4-6-13(17)18/h7-9H,2-6H2,1H3,(H,15,16)(H,17,18)/b14-9+. The summed E-state index contributed by atoms with van der Waals surface area (Å²) in [5, 5.41) is 14.3. The Morgan fingerprint density at radius 3 is 2.74 bits per heavy atom. The van der Waals surface area contributed by atoms with Gasteiger partial charge in [0.05, 0.1) is 6.21 Å². The first kappa shape index (κ1) is 15.4. The molecule has 0 aliphatic carbocycles. The highest BCUT2D eigenvalue weighted by atomic mass is 32.1. The van der Waals surface area contributed by atoms with Crippen LogP contribution in [0.1, 0.15) is 42.5 Å². The molecule has 0 unspecified atom stereocenters. The average molecular weight is 282 g/mol. The van der Waals surface area contributed by atoms with Gasteiger partial charge in [0.15, 0.2) is 0 Å². The van der Waals surface area contributed by atoms with Gasteiger partial charge in [-0.2, -0.15) is 5.10 Å². The molecule has 0 spiro atoms. The zero-order valence-corrected chi connectivity index (χ0v) is 11.7. The third-order valence-electron chi connectivity index (χ3n) is 2.57. The van der Waals surface area contributed by atoms with Gasteiger partial charge in [0.25, 0.3) is 0 Å². The van der Waals surface area contributed by atoms with E-state index in [0.717, 1.165) is 16.9 Å². The first-order chi connectivity index (χ1) is 9.09. The highest BCUT2D eigenvalue weighted by molar-refractivity contribution is 7.11. The number of nitrogens with one attached hydrogen (secondary N) is 1. The Balaban J connectivity index is 2.13. The molecule has 0 aliphatic rings. The van der Waals surface area contributed by atoms with Gasteiger partial charge in [0.2, 0.25) is 5.91 Å². The Labute approximate surface area is 116 Å². The number of hydrogen-bond donors (Lipinski definition) is 2. The lowest BCUT2D eigenvalue weighted by molar-refractivity contribution is -0.137. The second kappa shape index (κ2) is 8.42. The van der Waals surface area contributed by atoms with Crippen LogP contribution in [0, 0.1) is 6.92 Å². The van der Waals surface area contributed by atoms with E-state index < -0.39 is 5.97 Å². The highest BCUT2D eigenvalue weighted by Crippen LogP contribution is 2.12. The number of unbranched alkanes of at least 4 members (excludes halogenated alkanes) is 2. The Kier molecular flexibility index (Phi) is 6.81. The van der Waals surface area contributed by atoms with Crippen molar-refractivity contribution in [2.75, 3.05) is 0 Å². The van der Waals surface area contributed by atoms with Gasteiger partial charge in [-0.05, 0) is 36.8 Å². The molecule has 19 heavy (non-hydrogen) atoms. The summed E-state index contributed by atoms with van der Waals surface area (Å²) in [4.78, 5) is 22.7. The Morgan fingerprint density at radius 1 is 1.37 bits per heavy atom. The number of amides is 1. The first-order valence-electron chi connectivity index (χ1n) is 6.17. The van der Waals surface area contributed by atoms with Crippen LogP contribution >= 0.6 is 11.3 Å². The van der Waals surface area contributed by atoms with Gasteiger partial charge >= 0.3 is 5.97 Å². The van der Waals surface area contributed by atoms with E-state index in [1.54, 1.807) is 17.6 Å². The molecule has 1 heterocycles. The van der Waals surface area contributed by atoms with E-state index >= 15 is 0 Å². The largest absolute Gasteiger partial charge is 0.481 e. The molecular weight excluding hydrogens is 264 g/mol. The van der Waals surface area contributed by atoms with Crippen molar-refractivity contribution in [2.45, 2.75) is 39.0 Å². The van der Waals surface area contributed by atoms with E-state index in [4.69, 9.17) is 5.11 Å². The van der Waals surface area contributed by atoms with Crippen LogP contribution in [-0.4, -0.2) is 23.2 Å². The molecule has 1 aromatic rings. The van der Waals surface area contributed by atoms with Crippen molar-refractivity contribution >= 4 is 29.4 Å². The minimum Gasteiger partial charge on any atom is -0.481 e. The summed E-state index contributed by atoms with van der Waals surface area (Å²) in [5.74, 6) is -0.929. The van der Waals surface area contributed by atoms with E-state index in [9.17, 15) is 9.59 Å². The molecule has 0 atom stereocenters. The first-order valence-corrected chi connectivity index (χ1v) is 7.05. The number of carboxylic acids is 1. The van der Waals surface area contributed by atoms with Gasteiger partial charge < -0.3 is 5.11 Å². The Morgan fingerprint density at radius 2 is 2.11 bits per heavy atom. The second-order valence-electron chi connectivity index (χ2n) is 4.22. The van der Waals surface area contributed by atoms with Crippen LogP contribution in [0.3, 0.4) is 0 Å². The molecule has 0 aliphatic heterocycles. The molecule has 6 heteroatoms. The maximum absolute atomic E-state index is 11.4. The molecule has 0 bridgehead atoms. The summed E-state index contributed by atoms with van der Waals surface area (Å²) in [6, 6.07) is 2.00. The molecule has 0 aromatic carbocycles. The number of rotatable bonds is 8. The SMILES string of the molecule is Cc1ccsc1/C=N/NC(=O)CCCCCC(=O)O. The van der Waals surface area contributed by atoms with Crippen molar-refractivity contribution in [3.8, 4) is 0 Å². The number of carbonyl (C=O) groups is 2. The second-order valence-corrected chi connectivity index (χ2v) is 5.16. The third-order valence-corrected chi connectivity index (χ3v) is 3.52. The monoisotopic (exact) mass is 282 g/mol. The van der Waals surface area contributed by atoms with Crippen LogP contribution in [-0.2, 0) is 9.59 Å². The smallest absolute Gasteiger partial charge is 0.303 e. The minimum absolute atomic E-state index is 0.138. The number of aryl methyl sites for hydroxylation is 1. The molecule has 1 amide bonds.